The largest absolute Gasteiger partial charge is 0.480 e. The third-order valence-electron chi connectivity index (χ3n) is 2.95. The van der Waals surface area contributed by atoms with Crippen LogP contribution in [0.5, 0.6) is 0 Å². The maximum atomic E-state index is 12.3. The van der Waals surface area contributed by atoms with Gasteiger partial charge in [0.2, 0.25) is 0 Å². The van der Waals surface area contributed by atoms with Gasteiger partial charge in [-0.3, -0.25) is 4.79 Å². The number of carboxylic acid groups (broad SMARTS) is 1. The molecule has 5 heteroatoms. The molecule has 0 spiro atoms. The fraction of sp³-hybridized carbons (Fsp3) is 0.385. The van der Waals surface area contributed by atoms with Crippen LogP contribution in [0.25, 0.3) is 0 Å². The number of aliphatic carboxylic acids is 1. The van der Waals surface area contributed by atoms with E-state index in [9.17, 15) is 14.7 Å². The standard InChI is InChI=1S/C13H18N2O3/c1-4-15(13(2,3)12(17)18)11(16)9-7-5-6-8-10(9)14/h5-8H,4,14H2,1-3H3,(H,17,18). The smallest absolute Gasteiger partial charge is 0.329 e. The van der Waals surface area contributed by atoms with Crippen molar-refractivity contribution < 1.29 is 14.7 Å². The van der Waals surface area contributed by atoms with E-state index in [1.807, 2.05) is 0 Å². The minimum atomic E-state index is -1.27. The number of nitrogen functional groups attached to an aromatic ring is 1. The molecule has 5 nitrogen and oxygen atoms in total. The summed E-state index contributed by atoms with van der Waals surface area (Å²) >= 11 is 0. The highest BCUT2D eigenvalue weighted by atomic mass is 16.4. The highest BCUT2D eigenvalue weighted by Gasteiger charge is 2.37. The van der Waals surface area contributed by atoms with Gasteiger partial charge in [0, 0.05) is 12.2 Å². The highest BCUT2D eigenvalue weighted by Crippen LogP contribution is 2.21. The maximum absolute atomic E-state index is 12.3. The van der Waals surface area contributed by atoms with Crippen molar-refractivity contribution in [3.63, 3.8) is 0 Å². The SMILES string of the molecule is CCN(C(=O)c1ccccc1N)C(C)(C)C(=O)O. The number of carbonyl (C=O) groups excluding carboxylic acids is 1. The van der Waals surface area contributed by atoms with E-state index in [1.54, 1.807) is 31.2 Å². The van der Waals surface area contributed by atoms with Gasteiger partial charge in [-0.15, -0.1) is 0 Å². The van der Waals surface area contributed by atoms with Gasteiger partial charge >= 0.3 is 5.97 Å². The lowest BCUT2D eigenvalue weighted by Crippen LogP contribution is -2.53. The van der Waals surface area contributed by atoms with Gasteiger partial charge in [0.15, 0.2) is 0 Å². The normalized spacial score (nSPS) is 11.1. The number of nitrogens with two attached hydrogens (primary N) is 1. The van der Waals surface area contributed by atoms with Crippen LogP contribution < -0.4 is 5.73 Å². The second-order valence-corrected chi connectivity index (χ2v) is 4.50. The molecule has 0 heterocycles. The van der Waals surface area contributed by atoms with E-state index in [4.69, 9.17) is 5.73 Å². The molecule has 1 amide bonds. The van der Waals surface area contributed by atoms with E-state index >= 15 is 0 Å². The zero-order valence-electron chi connectivity index (χ0n) is 10.8. The molecular weight excluding hydrogens is 232 g/mol. The van der Waals surface area contributed by atoms with E-state index in [-0.39, 0.29) is 5.91 Å². The lowest BCUT2D eigenvalue weighted by atomic mass is 10.0. The molecule has 18 heavy (non-hydrogen) atoms. The Bertz CT molecular complexity index is 469. The number of likely N-dealkylation sites (N-methyl/N-ethyl adjacent to an activating group) is 1. The van der Waals surface area contributed by atoms with Gasteiger partial charge in [0.1, 0.15) is 5.54 Å². The second-order valence-electron chi connectivity index (χ2n) is 4.50. The molecule has 1 aromatic rings. The van der Waals surface area contributed by atoms with E-state index in [0.717, 1.165) is 0 Å². The lowest BCUT2D eigenvalue weighted by molar-refractivity contribution is -0.147. The highest BCUT2D eigenvalue weighted by molar-refractivity contribution is 6.01. The maximum Gasteiger partial charge on any atom is 0.329 e. The summed E-state index contributed by atoms with van der Waals surface area (Å²) in [6, 6.07) is 6.64. The van der Waals surface area contributed by atoms with E-state index in [1.165, 1.54) is 18.7 Å². The van der Waals surface area contributed by atoms with Gasteiger partial charge in [-0.05, 0) is 32.9 Å². The first-order valence-electron chi connectivity index (χ1n) is 5.72. The van der Waals surface area contributed by atoms with E-state index in [0.29, 0.717) is 17.8 Å². The van der Waals surface area contributed by atoms with Crippen molar-refractivity contribution in [3.05, 3.63) is 29.8 Å². The van der Waals surface area contributed by atoms with Crippen LogP contribution in [0.2, 0.25) is 0 Å². The van der Waals surface area contributed by atoms with Gasteiger partial charge in [0.05, 0.1) is 5.56 Å². The molecule has 0 aliphatic rings. The number of anilines is 1. The predicted molar refractivity (Wildman–Crippen MR) is 69.3 cm³/mol. The van der Waals surface area contributed by atoms with Crippen molar-refractivity contribution in [2.24, 2.45) is 0 Å². The number of para-hydroxylation sites is 1. The van der Waals surface area contributed by atoms with Crippen LogP contribution in [0.1, 0.15) is 31.1 Å². The number of nitrogens with zero attached hydrogens (tertiary/aromatic N) is 1. The molecule has 0 bridgehead atoms. The van der Waals surface area contributed by atoms with E-state index < -0.39 is 11.5 Å². The Labute approximate surface area is 106 Å². The third-order valence-corrected chi connectivity index (χ3v) is 2.95. The van der Waals surface area contributed by atoms with Crippen LogP contribution in [0, 0.1) is 0 Å². The molecule has 0 atom stereocenters. The molecule has 0 radical (unpaired) electrons. The number of amides is 1. The molecule has 0 saturated heterocycles. The van der Waals surface area contributed by atoms with Crippen LogP contribution in [0.3, 0.4) is 0 Å². The lowest BCUT2D eigenvalue weighted by Gasteiger charge is -2.34. The monoisotopic (exact) mass is 250 g/mol. The Morgan fingerprint density at radius 1 is 1.33 bits per heavy atom. The van der Waals surface area contributed by atoms with Crippen LogP contribution in [-0.4, -0.2) is 34.0 Å². The van der Waals surface area contributed by atoms with Gasteiger partial charge < -0.3 is 15.7 Å². The molecule has 0 fully saturated rings. The Morgan fingerprint density at radius 3 is 2.33 bits per heavy atom. The predicted octanol–water partition coefficient (Wildman–Crippen LogP) is 1.59. The number of carbonyl (C=O) groups is 2. The number of carboxylic acids is 1. The zero-order chi connectivity index (χ0) is 13.9. The molecule has 0 saturated carbocycles. The number of rotatable bonds is 4. The van der Waals surface area contributed by atoms with Crippen LogP contribution >= 0.6 is 0 Å². The van der Waals surface area contributed by atoms with Gasteiger partial charge in [-0.2, -0.15) is 0 Å². The Hall–Kier alpha value is -2.04. The molecular formula is C13H18N2O3. The van der Waals surface area contributed by atoms with Crippen molar-refractivity contribution in [2.75, 3.05) is 12.3 Å². The fourth-order valence-corrected chi connectivity index (χ4v) is 1.75. The fourth-order valence-electron chi connectivity index (χ4n) is 1.75. The Morgan fingerprint density at radius 2 is 1.89 bits per heavy atom. The zero-order valence-corrected chi connectivity index (χ0v) is 10.8. The topological polar surface area (TPSA) is 83.6 Å². The summed E-state index contributed by atoms with van der Waals surface area (Å²) in [5.41, 5.74) is 5.15. The summed E-state index contributed by atoms with van der Waals surface area (Å²) in [6.45, 7) is 5.03. The minimum absolute atomic E-state index is 0.298. The first-order chi connectivity index (χ1) is 8.32. The molecule has 1 rings (SSSR count). The first-order valence-corrected chi connectivity index (χ1v) is 5.72. The Kier molecular flexibility index (Phi) is 3.96. The van der Waals surface area contributed by atoms with Crippen LogP contribution in [-0.2, 0) is 4.79 Å². The molecule has 98 valence electrons. The van der Waals surface area contributed by atoms with Gasteiger partial charge in [-0.1, -0.05) is 12.1 Å². The molecule has 0 aliphatic heterocycles. The van der Waals surface area contributed by atoms with Crippen LogP contribution in [0.4, 0.5) is 5.69 Å². The number of hydrogen-bond donors (Lipinski definition) is 2. The average molecular weight is 250 g/mol. The minimum Gasteiger partial charge on any atom is -0.480 e. The molecule has 1 aromatic carbocycles. The quantitative estimate of drug-likeness (QED) is 0.795. The number of hydrogen-bond acceptors (Lipinski definition) is 3. The Balaban J connectivity index is 3.16. The summed E-state index contributed by atoms with van der Waals surface area (Å²) in [4.78, 5) is 24.8. The molecule has 3 N–H and O–H groups in total. The average Bonchev–Trinajstić information content (AvgIpc) is 2.29. The van der Waals surface area contributed by atoms with Gasteiger partial charge in [0.25, 0.3) is 5.91 Å². The third kappa shape index (κ3) is 2.45. The van der Waals surface area contributed by atoms with Crippen molar-refractivity contribution in [3.8, 4) is 0 Å². The van der Waals surface area contributed by atoms with Crippen molar-refractivity contribution in [1.82, 2.24) is 4.90 Å². The summed E-state index contributed by atoms with van der Waals surface area (Å²) in [7, 11) is 0. The summed E-state index contributed by atoms with van der Waals surface area (Å²) in [5, 5.41) is 9.18. The van der Waals surface area contributed by atoms with E-state index in [2.05, 4.69) is 0 Å². The second kappa shape index (κ2) is 5.08. The van der Waals surface area contributed by atoms with Crippen molar-refractivity contribution in [1.29, 1.82) is 0 Å². The van der Waals surface area contributed by atoms with Crippen molar-refractivity contribution in [2.45, 2.75) is 26.3 Å². The number of benzene rings is 1. The summed E-state index contributed by atoms with van der Waals surface area (Å²) < 4.78 is 0. The van der Waals surface area contributed by atoms with Gasteiger partial charge in [-0.25, -0.2) is 4.79 Å². The first kappa shape index (κ1) is 14.0. The molecule has 0 aliphatic carbocycles. The molecule has 0 unspecified atom stereocenters. The summed E-state index contributed by atoms with van der Waals surface area (Å²) in [5.74, 6) is -1.42. The van der Waals surface area contributed by atoms with Crippen molar-refractivity contribution >= 4 is 17.6 Å². The summed E-state index contributed by atoms with van der Waals surface area (Å²) in [6.07, 6.45) is 0. The van der Waals surface area contributed by atoms with Crippen LogP contribution in [0.15, 0.2) is 24.3 Å². The molecule has 0 aromatic heterocycles.